The van der Waals surface area contributed by atoms with Gasteiger partial charge in [-0.1, -0.05) is 105 Å². The van der Waals surface area contributed by atoms with Gasteiger partial charge in [0.05, 0.1) is 0 Å². The molecule has 1 aromatic carbocycles. The molecule has 0 nitrogen and oxygen atoms in total. The van der Waals surface area contributed by atoms with E-state index in [0.29, 0.717) is 0 Å². The number of unbranched alkanes of at least 4 members (excludes halogenated alkanes) is 5. The molecule has 1 radical (unpaired) electrons. The van der Waals surface area contributed by atoms with Gasteiger partial charge in [-0.15, -0.1) is 5.56 Å². The van der Waals surface area contributed by atoms with E-state index >= 15 is 0 Å². The first-order valence-electron chi connectivity index (χ1n) is 10.9. The molecule has 0 fully saturated rings. The first-order valence-corrected chi connectivity index (χ1v) is 10.9. The smallest absolute Gasteiger partial charge is 0 e. The van der Waals surface area contributed by atoms with Crippen molar-refractivity contribution in [1.82, 2.24) is 0 Å². The molecule has 1 rings (SSSR count). The van der Waals surface area contributed by atoms with E-state index in [2.05, 4.69) is 67.5 Å². The van der Waals surface area contributed by atoms with Gasteiger partial charge in [-0.25, -0.2) is 0 Å². The van der Waals surface area contributed by atoms with E-state index in [4.69, 9.17) is 0 Å². The zero-order chi connectivity index (χ0) is 19.7. The molecule has 0 aliphatic carbocycles. The number of rotatable bonds is 11. The Balaban J connectivity index is 0.00000676. The van der Waals surface area contributed by atoms with E-state index in [1.807, 2.05) is 0 Å². The molecule has 0 bridgehead atoms. The summed E-state index contributed by atoms with van der Waals surface area (Å²) in [5.74, 6) is 1.54. The summed E-state index contributed by atoms with van der Waals surface area (Å²) < 4.78 is 0. The Morgan fingerprint density at radius 1 is 0.815 bits per heavy atom. The largest absolute Gasteiger partial charge is 0.177 e. The van der Waals surface area contributed by atoms with E-state index in [0.717, 1.165) is 11.8 Å². The van der Waals surface area contributed by atoms with Gasteiger partial charge in [-0.2, -0.15) is 28.3 Å². The monoisotopic (exact) mass is 444 g/mol. The van der Waals surface area contributed by atoms with Crippen LogP contribution in [-0.2, 0) is 39.1 Å². The first-order chi connectivity index (χ1) is 12.2. The van der Waals surface area contributed by atoms with E-state index in [9.17, 15) is 0 Å². The molecule has 0 heterocycles. The minimum Gasteiger partial charge on any atom is -0.177 e. The Morgan fingerprint density at radius 3 is 1.96 bits per heavy atom. The van der Waals surface area contributed by atoms with Gasteiger partial charge in [0.25, 0.3) is 0 Å². The van der Waals surface area contributed by atoms with Crippen LogP contribution in [0, 0.1) is 45.6 Å². The maximum absolute atomic E-state index is 3.54. The van der Waals surface area contributed by atoms with Crippen molar-refractivity contribution in [3.8, 4) is 0 Å². The summed E-state index contributed by atoms with van der Waals surface area (Å²) in [5.41, 5.74) is 8.62. The molecule has 1 heteroatoms. The second-order valence-electron chi connectivity index (χ2n) is 8.84. The van der Waals surface area contributed by atoms with Crippen molar-refractivity contribution < 1.29 is 32.7 Å². The van der Waals surface area contributed by atoms with Crippen LogP contribution in [0.25, 0.3) is 0 Å². The van der Waals surface area contributed by atoms with Gasteiger partial charge >= 0.3 is 0 Å². The van der Waals surface area contributed by atoms with Gasteiger partial charge in [0.15, 0.2) is 0 Å². The van der Waals surface area contributed by atoms with Crippen LogP contribution in [0.4, 0.5) is 0 Å². The van der Waals surface area contributed by atoms with Crippen molar-refractivity contribution in [3.63, 3.8) is 0 Å². The molecule has 0 saturated heterocycles. The minimum atomic E-state index is 0. The quantitative estimate of drug-likeness (QED) is 0.183. The maximum Gasteiger partial charge on any atom is 0 e. The zero-order valence-corrected chi connectivity index (χ0v) is 22.3. The third kappa shape index (κ3) is 9.89. The summed E-state index contributed by atoms with van der Waals surface area (Å²) in [6.07, 6.45) is 13.3. The average molecular weight is 445 g/mol. The summed E-state index contributed by atoms with van der Waals surface area (Å²) in [7, 11) is 0. The SMILES string of the molecule is CC(C)=CC(C)C(C)CCCCCCCCc1c(C)[c-]c(C)c(C)c1C.[Y]. The Labute approximate surface area is 195 Å². The predicted molar refractivity (Wildman–Crippen MR) is 118 cm³/mol. The van der Waals surface area contributed by atoms with Crippen LogP contribution < -0.4 is 0 Å². The molecule has 0 amide bonds. The minimum absolute atomic E-state index is 0. The van der Waals surface area contributed by atoms with Crippen molar-refractivity contribution in [2.24, 2.45) is 11.8 Å². The summed E-state index contributed by atoms with van der Waals surface area (Å²) in [4.78, 5) is 0. The Morgan fingerprint density at radius 2 is 1.37 bits per heavy atom. The summed E-state index contributed by atoms with van der Waals surface area (Å²) >= 11 is 0. The zero-order valence-electron chi connectivity index (χ0n) is 19.5. The molecule has 151 valence electrons. The van der Waals surface area contributed by atoms with Crippen LogP contribution in [0.1, 0.15) is 100 Å². The maximum atomic E-state index is 3.54. The van der Waals surface area contributed by atoms with Gasteiger partial charge in [0, 0.05) is 32.7 Å². The van der Waals surface area contributed by atoms with E-state index in [1.54, 1.807) is 5.56 Å². The van der Waals surface area contributed by atoms with Crippen LogP contribution in [0.5, 0.6) is 0 Å². The topological polar surface area (TPSA) is 0 Å². The third-order valence-electron chi connectivity index (χ3n) is 6.24. The summed E-state index contributed by atoms with van der Waals surface area (Å²) in [5, 5.41) is 0. The molecular weight excluding hydrogens is 401 g/mol. The third-order valence-corrected chi connectivity index (χ3v) is 6.24. The fourth-order valence-electron chi connectivity index (χ4n) is 4.04. The number of hydrogen-bond donors (Lipinski definition) is 0. The van der Waals surface area contributed by atoms with Crippen LogP contribution in [0.2, 0.25) is 0 Å². The Bertz CT molecular complexity index is 578. The molecule has 0 N–H and O–H groups in total. The van der Waals surface area contributed by atoms with E-state index < -0.39 is 0 Å². The summed E-state index contributed by atoms with van der Waals surface area (Å²) in [6.45, 7) is 18.1. The van der Waals surface area contributed by atoms with E-state index in [1.165, 1.54) is 79.2 Å². The second-order valence-corrected chi connectivity index (χ2v) is 8.84. The van der Waals surface area contributed by atoms with Crippen molar-refractivity contribution in [2.75, 3.05) is 0 Å². The van der Waals surface area contributed by atoms with Crippen molar-refractivity contribution >= 4 is 0 Å². The van der Waals surface area contributed by atoms with Crippen molar-refractivity contribution in [2.45, 2.75) is 107 Å². The van der Waals surface area contributed by atoms with Gasteiger partial charge in [0.1, 0.15) is 0 Å². The Kier molecular flexibility index (Phi) is 14.1. The van der Waals surface area contributed by atoms with Gasteiger partial charge < -0.3 is 0 Å². The second kappa shape index (κ2) is 14.1. The van der Waals surface area contributed by atoms with Gasteiger partial charge in [-0.05, 0) is 25.7 Å². The number of aryl methyl sites for hydroxylation is 2. The van der Waals surface area contributed by atoms with Gasteiger partial charge in [0.2, 0.25) is 0 Å². The molecule has 0 aromatic heterocycles. The molecule has 2 unspecified atom stereocenters. The predicted octanol–water partition coefficient (Wildman–Crippen LogP) is 8.23. The normalized spacial score (nSPS) is 13.0. The first kappa shape index (κ1) is 27.1. The standard InChI is InChI=1S/C26H43.Y/c1-19(2)17-21(4)20(3)15-13-11-9-10-12-14-16-26-23(6)18-22(5)24(7)25(26)8;/h17,20-21H,9-16H2,1-8H3;/q-1;. The molecule has 0 spiro atoms. The fourth-order valence-corrected chi connectivity index (χ4v) is 4.04. The van der Waals surface area contributed by atoms with E-state index in [-0.39, 0.29) is 32.7 Å². The molecule has 1 aromatic rings. The van der Waals surface area contributed by atoms with Crippen molar-refractivity contribution in [3.05, 3.63) is 45.5 Å². The molecule has 0 aliphatic rings. The van der Waals surface area contributed by atoms with Crippen LogP contribution in [0.3, 0.4) is 0 Å². The number of benzene rings is 1. The number of hydrogen-bond acceptors (Lipinski definition) is 0. The molecule has 27 heavy (non-hydrogen) atoms. The fraction of sp³-hybridized carbons (Fsp3) is 0.692. The van der Waals surface area contributed by atoms with Crippen molar-refractivity contribution in [1.29, 1.82) is 0 Å². The number of allylic oxidation sites excluding steroid dienone is 2. The Hall–Kier alpha value is 0.0639. The van der Waals surface area contributed by atoms with Crippen LogP contribution >= 0.6 is 0 Å². The van der Waals surface area contributed by atoms with Crippen LogP contribution in [-0.4, -0.2) is 0 Å². The molecule has 0 aliphatic heterocycles. The van der Waals surface area contributed by atoms with Gasteiger partial charge in [-0.3, -0.25) is 0 Å². The average Bonchev–Trinajstić information content (AvgIpc) is 2.56. The molecule has 2 atom stereocenters. The van der Waals surface area contributed by atoms with Crippen LogP contribution in [0.15, 0.2) is 11.6 Å². The summed E-state index contributed by atoms with van der Waals surface area (Å²) in [6, 6.07) is 3.54. The molecule has 0 saturated carbocycles. The molecular formula is C26H43Y-.